The lowest BCUT2D eigenvalue weighted by Gasteiger charge is -2.12. The number of imidazole rings is 1. The van der Waals surface area contributed by atoms with Crippen molar-refractivity contribution >= 4 is 17.5 Å². The zero-order chi connectivity index (χ0) is 18.2. The van der Waals surface area contributed by atoms with E-state index in [0.29, 0.717) is 29.5 Å². The van der Waals surface area contributed by atoms with Crippen molar-refractivity contribution in [3.8, 4) is 5.75 Å². The predicted molar refractivity (Wildman–Crippen MR) is 101 cm³/mol. The Morgan fingerprint density at radius 2 is 1.96 bits per heavy atom. The minimum atomic E-state index is -0.148. The van der Waals surface area contributed by atoms with Crippen molar-refractivity contribution in [1.82, 2.24) is 14.9 Å². The molecule has 1 heterocycles. The molecule has 1 N–H and O–H groups in total. The number of para-hydroxylation sites is 1. The fraction of sp³-hybridized carbons (Fsp3) is 0.200. The van der Waals surface area contributed by atoms with Crippen molar-refractivity contribution in [1.29, 1.82) is 0 Å². The first-order valence-electron chi connectivity index (χ1n) is 8.43. The monoisotopic (exact) mass is 369 g/mol. The minimum Gasteiger partial charge on any atom is -0.488 e. The van der Waals surface area contributed by atoms with Crippen LogP contribution in [0.15, 0.2) is 67.3 Å². The Morgan fingerprint density at radius 3 is 2.77 bits per heavy atom. The zero-order valence-electron chi connectivity index (χ0n) is 14.3. The van der Waals surface area contributed by atoms with Gasteiger partial charge in [-0.15, -0.1) is 0 Å². The predicted octanol–water partition coefficient (Wildman–Crippen LogP) is 3.94. The number of hydrogen-bond acceptors (Lipinski definition) is 3. The number of nitrogens with one attached hydrogen (secondary N) is 1. The molecule has 2 aromatic carbocycles. The fourth-order valence-electron chi connectivity index (χ4n) is 2.53. The third kappa shape index (κ3) is 4.86. The number of ether oxygens (including phenoxy) is 1. The van der Waals surface area contributed by atoms with Gasteiger partial charge < -0.3 is 14.6 Å². The number of aryl methyl sites for hydroxylation is 1. The summed E-state index contributed by atoms with van der Waals surface area (Å²) in [6.45, 7) is 1.70. The van der Waals surface area contributed by atoms with Gasteiger partial charge in [-0.25, -0.2) is 4.98 Å². The SMILES string of the molecule is O=C(NCCCn1ccnc1)c1ccccc1OCc1ccccc1Cl. The quantitative estimate of drug-likeness (QED) is 0.612. The second-order valence-corrected chi connectivity index (χ2v) is 6.19. The highest BCUT2D eigenvalue weighted by Gasteiger charge is 2.12. The van der Waals surface area contributed by atoms with Crippen molar-refractivity contribution in [2.75, 3.05) is 6.54 Å². The maximum absolute atomic E-state index is 12.5. The lowest BCUT2D eigenvalue weighted by Crippen LogP contribution is -2.25. The summed E-state index contributed by atoms with van der Waals surface area (Å²) in [4.78, 5) is 16.5. The Labute approximate surface area is 157 Å². The molecule has 0 aliphatic rings. The summed E-state index contributed by atoms with van der Waals surface area (Å²) < 4.78 is 7.81. The third-order valence-corrected chi connectivity index (χ3v) is 4.28. The molecule has 0 saturated carbocycles. The first kappa shape index (κ1) is 18.0. The van der Waals surface area contributed by atoms with Crippen LogP contribution in [0.25, 0.3) is 0 Å². The number of benzene rings is 2. The summed E-state index contributed by atoms with van der Waals surface area (Å²) in [6.07, 6.45) is 6.23. The van der Waals surface area contributed by atoms with E-state index in [-0.39, 0.29) is 5.91 Å². The summed E-state index contributed by atoms with van der Waals surface area (Å²) in [5.41, 5.74) is 1.40. The Kier molecular flexibility index (Phi) is 6.28. The van der Waals surface area contributed by atoms with E-state index < -0.39 is 0 Å². The topological polar surface area (TPSA) is 56.2 Å². The van der Waals surface area contributed by atoms with Crippen molar-refractivity contribution in [3.05, 3.63) is 83.4 Å². The normalized spacial score (nSPS) is 10.5. The molecule has 134 valence electrons. The maximum Gasteiger partial charge on any atom is 0.255 e. The lowest BCUT2D eigenvalue weighted by molar-refractivity contribution is 0.0948. The van der Waals surface area contributed by atoms with Crippen LogP contribution in [0.2, 0.25) is 5.02 Å². The van der Waals surface area contributed by atoms with E-state index in [1.165, 1.54) is 0 Å². The second kappa shape index (κ2) is 9.06. The molecule has 0 radical (unpaired) electrons. The first-order chi connectivity index (χ1) is 12.7. The van der Waals surface area contributed by atoms with Gasteiger partial charge in [0.25, 0.3) is 5.91 Å². The molecule has 0 aliphatic heterocycles. The van der Waals surface area contributed by atoms with Crippen LogP contribution in [0, 0.1) is 0 Å². The largest absolute Gasteiger partial charge is 0.488 e. The molecule has 1 aromatic heterocycles. The van der Waals surface area contributed by atoms with E-state index in [2.05, 4.69) is 10.3 Å². The van der Waals surface area contributed by atoms with E-state index in [1.807, 2.05) is 47.2 Å². The standard InChI is InChI=1S/C20H20ClN3O2/c21-18-8-3-1-6-16(18)14-26-19-9-4-2-7-17(19)20(25)23-10-5-12-24-13-11-22-15-24/h1-4,6-9,11,13,15H,5,10,12,14H2,(H,23,25). The Morgan fingerprint density at radius 1 is 1.15 bits per heavy atom. The summed E-state index contributed by atoms with van der Waals surface area (Å²) in [6, 6.07) is 14.7. The summed E-state index contributed by atoms with van der Waals surface area (Å²) in [7, 11) is 0. The molecule has 5 nitrogen and oxygen atoms in total. The molecule has 0 bridgehead atoms. The molecule has 0 spiro atoms. The van der Waals surface area contributed by atoms with Gasteiger partial charge in [0.15, 0.2) is 0 Å². The molecule has 26 heavy (non-hydrogen) atoms. The van der Waals surface area contributed by atoms with Crippen molar-refractivity contribution in [3.63, 3.8) is 0 Å². The highest BCUT2D eigenvalue weighted by atomic mass is 35.5. The fourth-order valence-corrected chi connectivity index (χ4v) is 2.72. The Hall–Kier alpha value is -2.79. The number of carbonyl (C=O) groups is 1. The summed E-state index contributed by atoms with van der Waals surface area (Å²) >= 11 is 6.15. The van der Waals surface area contributed by atoms with Crippen LogP contribution in [0.4, 0.5) is 0 Å². The van der Waals surface area contributed by atoms with E-state index >= 15 is 0 Å². The Bertz CT molecular complexity index is 850. The van der Waals surface area contributed by atoms with Crippen LogP contribution in [0.3, 0.4) is 0 Å². The second-order valence-electron chi connectivity index (χ2n) is 5.79. The number of halogens is 1. The van der Waals surface area contributed by atoms with Gasteiger partial charge in [-0.1, -0.05) is 41.9 Å². The van der Waals surface area contributed by atoms with Gasteiger partial charge in [0.05, 0.1) is 11.9 Å². The maximum atomic E-state index is 12.5. The van der Waals surface area contributed by atoms with E-state index in [4.69, 9.17) is 16.3 Å². The molecule has 3 aromatic rings. The van der Waals surface area contributed by atoms with Crippen LogP contribution in [0.1, 0.15) is 22.3 Å². The van der Waals surface area contributed by atoms with Crippen molar-refractivity contribution in [2.24, 2.45) is 0 Å². The average Bonchev–Trinajstić information content (AvgIpc) is 3.18. The number of rotatable bonds is 8. The average molecular weight is 370 g/mol. The van der Waals surface area contributed by atoms with Gasteiger partial charge in [-0.05, 0) is 24.6 Å². The molecule has 6 heteroatoms. The first-order valence-corrected chi connectivity index (χ1v) is 8.81. The molecular weight excluding hydrogens is 350 g/mol. The molecule has 0 aliphatic carbocycles. The Balaban J connectivity index is 1.55. The third-order valence-electron chi connectivity index (χ3n) is 3.91. The van der Waals surface area contributed by atoms with Crippen molar-refractivity contribution in [2.45, 2.75) is 19.6 Å². The number of nitrogens with zero attached hydrogens (tertiary/aromatic N) is 2. The minimum absolute atomic E-state index is 0.148. The molecule has 0 atom stereocenters. The van der Waals surface area contributed by atoms with Crippen LogP contribution in [0.5, 0.6) is 5.75 Å². The molecule has 0 saturated heterocycles. The molecular formula is C20H20ClN3O2. The van der Waals surface area contributed by atoms with Crippen LogP contribution >= 0.6 is 11.6 Å². The van der Waals surface area contributed by atoms with E-state index in [1.54, 1.807) is 24.7 Å². The van der Waals surface area contributed by atoms with Gasteiger partial charge in [0.1, 0.15) is 12.4 Å². The van der Waals surface area contributed by atoms with Crippen LogP contribution in [-0.2, 0) is 13.2 Å². The summed E-state index contributed by atoms with van der Waals surface area (Å²) in [5.74, 6) is 0.393. The van der Waals surface area contributed by atoms with Gasteiger partial charge in [0, 0.05) is 36.1 Å². The highest BCUT2D eigenvalue weighted by Crippen LogP contribution is 2.22. The number of carbonyl (C=O) groups excluding carboxylic acids is 1. The molecule has 3 rings (SSSR count). The van der Waals surface area contributed by atoms with Gasteiger partial charge in [0.2, 0.25) is 0 Å². The number of amides is 1. The zero-order valence-corrected chi connectivity index (χ0v) is 15.0. The number of aromatic nitrogens is 2. The lowest BCUT2D eigenvalue weighted by atomic mass is 10.2. The van der Waals surface area contributed by atoms with Crippen molar-refractivity contribution < 1.29 is 9.53 Å². The molecule has 1 amide bonds. The van der Waals surface area contributed by atoms with Gasteiger partial charge in [-0.2, -0.15) is 0 Å². The van der Waals surface area contributed by atoms with Gasteiger partial charge >= 0.3 is 0 Å². The van der Waals surface area contributed by atoms with Gasteiger partial charge in [-0.3, -0.25) is 4.79 Å². The van der Waals surface area contributed by atoms with E-state index in [0.717, 1.165) is 18.5 Å². The van der Waals surface area contributed by atoms with E-state index in [9.17, 15) is 4.79 Å². The summed E-state index contributed by atoms with van der Waals surface area (Å²) in [5, 5.41) is 3.58. The molecule has 0 unspecified atom stereocenters. The highest BCUT2D eigenvalue weighted by molar-refractivity contribution is 6.31. The smallest absolute Gasteiger partial charge is 0.255 e. The number of hydrogen-bond donors (Lipinski definition) is 1. The van der Waals surface area contributed by atoms with Crippen LogP contribution in [-0.4, -0.2) is 22.0 Å². The van der Waals surface area contributed by atoms with Crippen LogP contribution < -0.4 is 10.1 Å². The molecule has 0 fully saturated rings.